The standard InChI is InChI=1S/C13H18N2O/c1-10-4-5-12(8-11(10)2)13(9-14)15-6-3-7-16/h4-5,8,13,15-16H,3,6-7H2,1-2H3. The second-order valence-corrected chi connectivity index (χ2v) is 3.94. The van der Waals surface area contributed by atoms with E-state index in [1.54, 1.807) is 0 Å². The third kappa shape index (κ3) is 3.34. The molecule has 3 heteroatoms. The maximum atomic E-state index is 9.06. The molecule has 0 saturated carbocycles. The van der Waals surface area contributed by atoms with Crippen molar-refractivity contribution in [3.05, 3.63) is 34.9 Å². The summed E-state index contributed by atoms with van der Waals surface area (Å²) in [5.74, 6) is 0. The minimum Gasteiger partial charge on any atom is -0.396 e. The summed E-state index contributed by atoms with van der Waals surface area (Å²) in [5.41, 5.74) is 3.42. The molecule has 1 aromatic rings. The first-order valence-electron chi connectivity index (χ1n) is 5.50. The third-order valence-corrected chi connectivity index (χ3v) is 2.68. The topological polar surface area (TPSA) is 56.0 Å². The SMILES string of the molecule is Cc1ccc(C(C#N)NCCCO)cc1C. The minimum absolute atomic E-state index is 0.151. The van der Waals surface area contributed by atoms with Gasteiger partial charge in [-0.1, -0.05) is 18.2 Å². The number of hydrogen-bond donors (Lipinski definition) is 2. The Morgan fingerprint density at radius 2 is 2.12 bits per heavy atom. The van der Waals surface area contributed by atoms with Crippen molar-refractivity contribution in [3.8, 4) is 6.07 Å². The molecule has 0 amide bonds. The van der Waals surface area contributed by atoms with Gasteiger partial charge in [0.25, 0.3) is 0 Å². The molecule has 1 atom stereocenters. The molecule has 0 aromatic heterocycles. The second kappa shape index (κ2) is 6.26. The number of nitrogens with one attached hydrogen (secondary N) is 1. The Balaban J connectivity index is 2.72. The highest BCUT2D eigenvalue weighted by molar-refractivity contribution is 5.33. The predicted octanol–water partition coefficient (Wildman–Crippen LogP) is 1.84. The van der Waals surface area contributed by atoms with Gasteiger partial charge in [-0.15, -0.1) is 0 Å². The Morgan fingerprint density at radius 3 is 2.69 bits per heavy atom. The number of rotatable bonds is 5. The Bertz CT molecular complexity index is 382. The van der Waals surface area contributed by atoms with Crippen molar-refractivity contribution >= 4 is 0 Å². The van der Waals surface area contributed by atoms with E-state index in [2.05, 4.69) is 18.3 Å². The Morgan fingerprint density at radius 1 is 1.38 bits per heavy atom. The normalized spacial score (nSPS) is 12.1. The van der Waals surface area contributed by atoms with Crippen LogP contribution in [-0.4, -0.2) is 18.3 Å². The number of benzene rings is 1. The van der Waals surface area contributed by atoms with Crippen LogP contribution in [0.1, 0.15) is 29.2 Å². The van der Waals surface area contributed by atoms with Crippen molar-refractivity contribution < 1.29 is 5.11 Å². The highest BCUT2D eigenvalue weighted by atomic mass is 16.3. The van der Waals surface area contributed by atoms with Crippen LogP contribution in [0.25, 0.3) is 0 Å². The summed E-state index contributed by atoms with van der Waals surface area (Å²) in [6.07, 6.45) is 0.670. The summed E-state index contributed by atoms with van der Waals surface area (Å²) in [5, 5.41) is 20.9. The van der Waals surface area contributed by atoms with E-state index in [1.165, 1.54) is 11.1 Å². The van der Waals surface area contributed by atoms with Crippen LogP contribution >= 0.6 is 0 Å². The molecule has 2 N–H and O–H groups in total. The summed E-state index contributed by atoms with van der Waals surface area (Å²) >= 11 is 0. The monoisotopic (exact) mass is 218 g/mol. The van der Waals surface area contributed by atoms with E-state index in [0.29, 0.717) is 13.0 Å². The molecular weight excluding hydrogens is 200 g/mol. The molecule has 0 aliphatic carbocycles. The van der Waals surface area contributed by atoms with Gasteiger partial charge in [0.15, 0.2) is 0 Å². The van der Waals surface area contributed by atoms with E-state index in [-0.39, 0.29) is 12.6 Å². The summed E-state index contributed by atoms with van der Waals surface area (Å²) in [7, 11) is 0. The average molecular weight is 218 g/mol. The second-order valence-electron chi connectivity index (χ2n) is 3.94. The van der Waals surface area contributed by atoms with Gasteiger partial charge in [0.1, 0.15) is 6.04 Å². The summed E-state index contributed by atoms with van der Waals surface area (Å²) in [4.78, 5) is 0. The highest BCUT2D eigenvalue weighted by Crippen LogP contribution is 2.16. The van der Waals surface area contributed by atoms with E-state index >= 15 is 0 Å². The molecule has 0 radical (unpaired) electrons. The minimum atomic E-state index is -0.286. The first kappa shape index (κ1) is 12.7. The molecule has 86 valence electrons. The largest absolute Gasteiger partial charge is 0.396 e. The van der Waals surface area contributed by atoms with E-state index in [4.69, 9.17) is 10.4 Å². The maximum absolute atomic E-state index is 9.06. The summed E-state index contributed by atoms with van der Waals surface area (Å²) in [6.45, 7) is 4.90. The molecule has 3 nitrogen and oxygen atoms in total. The molecule has 0 saturated heterocycles. The number of nitrogens with zero attached hydrogens (tertiary/aromatic N) is 1. The lowest BCUT2D eigenvalue weighted by Gasteiger charge is -2.12. The molecule has 1 unspecified atom stereocenters. The molecule has 16 heavy (non-hydrogen) atoms. The van der Waals surface area contributed by atoms with Crippen LogP contribution < -0.4 is 5.32 Å². The van der Waals surface area contributed by atoms with Crippen molar-refractivity contribution in [1.82, 2.24) is 5.32 Å². The molecule has 0 aliphatic rings. The van der Waals surface area contributed by atoms with Gasteiger partial charge in [-0.2, -0.15) is 5.26 Å². The maximum Gasteiger partial charge on any atom is 0.121 e. The number of aryl methyl sites for hydroxylation is 2. The number of hydrogen-bond acceptors (Lipinski definition) is 3. The van der Waals surface area contributed by atoms with Crippen molar-refractivity contribution in [3.63, 3.8) is 0 Å². The van der Waals surface area contributed by atoms with Crippen LogP contribution in [0, 0.1) is 25.2 Å². The molecule has 0 fully saturated rings. The molecular formula is C13H18N2O. The van der Waals surface area contributed by atoms with Crippen LogP contribution in [0.5, 0.6) is 0 Å². The zero-order valence-electron chi connectivity index (χ0n) is 9.83. The van der Waals surface area contributed by atoms with Gasteiger partial charge in [0, 0.05) is 6.61 Å². The van der Waals surface area contributed by atoms with E-state index in [9.17, 15) is 0 Å². The van der Waals surface area contributed by atoms with Gasteiger partial charge in [0.05, 0.1) is 6.07 Å². The third-order valence-electron chi connectivity index (χ3n) is 2.68. The van der Waals surface area contributed by atoms with Gasteiger partial charge in [0.2, 0.25) is 0 Å². The van der Waals surface area contributed by atoms with Crippen LogP contribution in [0.4, 0.5) is 0 Å². The average Bonchev–Trinajstić information content (AvgIpc) is 2.29. The first-order valence-corrected chi connectivity index (χ1v) is 5.50. The number of aliphatic hydroxyl groups excluding tert-OH is 1. The molecule has 0 aliphatic heterocycles. The van der Waals surface area contributed by atoms with Crippen LogP contribution in [0.3, 0.4) is 0 Å². The smallest absolute Gasteiger partial charge is 0.121 e. The lowest BCUT2D eigenvalue weighted by Crippen LogP contribution is -2.21. The van der Waals surface area contributed by atoms with Crippen LogP contribution in [0.15, 0.2) is 18.2 Å². The Labute approximate surface area is 96.7 Å². The van der Waals surface area contributed by atoms with E-state index < -0.39 is 0 Å². The van der Waals surface area contributed by atoms with Crippen molar-refractivity contribution in [1.29, 1.82) is 5.26 Å². The molecule has 0 spiro atoms. The Kier molecular flexibility index (Phi) is 4.97. The van der Waals surface area contributed by atoms with E-state index in [0.717, 1.165) is 5.56 Å². The van der Waals surface area contributed by atoms with Gasteiger partial charge >= 0.3 is 0 Å². The van der Waals surface area contributed by atoms with Gasteiger partial charge < -0.3 is 5.11 Å². The summed E-state index contributed by atoms with van der Waals surface area (Å²) in [6, 6.07) is 7.99. The number of aliphatic hydroxyl groups is 1. The fourth-order valence-electron chi connectivity index (χ4n) is 1.51. The zero-order chi connectivity index (χ0) is 12.0. The molecule has 0 bridgehead atoms. The lowest BCUT2D eigenvalue weighted by molar-refractivity contribution is 0.285. The Hall–Kier alpha value is -1.37. The fourth-order valence-corrected chi connectivity index (χ4v) is 1.51. The van der Waals surface area contributed by atoms with Gasteiger partial charge in [-0.25, -0.2) is 0 Å². The van der Waals surface area contributed by atoms with Crippen molar-refractivity contribution in [2.75, 3.05) is 13.2 Å². The van der Waals surface area contributed by atoms with Crippen LogP contribution in [0.2, 0.25) is 0 Å². The quantitative estimate of drug-likeness (QED) is 0.741. The lowest BCUT2D eigenvalue weighted by atomic mass is 10.0. The molecule has 0 heterocycles. The van der Waals surface area contributed by atoms with Gasteiger partial charge in [-0.3, -0.25) is 5.32 Å². The molecule has 1 aromatic carbocycles. The zero-order valence-corrected chi connectivity index (χ0v) is 9.83. The van der Waals surface area contributed by atoms with E-state index in [1.807, 2.05) is 25.1 Å². The van der Waals surface area contributed by atoms with Crippen molar-refractivity contribution in [2.45, 2.75) is 26.3 Å². The number of nitriles is 1. The first-order chi connectivity index (χ1) is 7.69. The molecule has 1 rings (SSSR count). The van der Waals surface area contributed by atoms with Crippen molar-refractivity contribution in [2.24, 2.45) is 0 Å². The summed E-state index contributed by atoms with van der Waals surface area (Å²) < 4.78 is 0. The highest BCUT2D eigenvalue weighted by Gasteiger charge is 2.09. The van der Waals surface area contributed by atoms with Crippen LogP contribution in [-0.2, 0) is 0 Å². The van der Waals surface area contributed by atoms with Gasteiger partial charge in [-0.05, 0) is 43.5 Å². The fraction of sp³-hybridized carbons (Fsp3) is 0.462. The predicted molar refractivity (Wildman–Crippen MR) is 64.0 cm³/mol.